The Morgan fingerprint density at radius 3 is 2.51 bits per heavy atom. The van der Waals surface area contributed by atoms with Gasteiger partial charge in [-0.1, -0.05) is 24.3 Å². The number of fused-ring (bicyclic) bond motifs is 2. The molecule has 2 aromatic rings. The van der Waals surface area contributed by atoms with Crippen LogP contribution in [0.15, 0.2) is 42.0 Å². The summed E-state index contributed by atoms with van der Waals surface area (Å²) in [6.45, 7) is 2.45. The number of nitrogens with zero attached hydrogens (tertiary/aromatic N) is 2. The standard InChI is InChI=1S/C27H32F5N3/c1-17-12-21-20-7-4-3-6-18(20)13-22(21)27(35(17)16-25(31)32)26-23(29)14-19(15-24(26)30)34(2)11-10-33-9-5-8-28/h3-4,6-7,14-15,17,25,27,33H,5,8-13,16H2,1-2H3/t17-,27+/m1/s1. The first-order valence-corrected chi connectivity index (χ1v) is 12.1. The van der Waals surface area contributed by atoms with Gasteiger partial charge in [-0.25, -0.2) is 17.6 Å². The van der Waals surface area contributed by atoms with Crippen molar-refractivity contribution in [1.82, 2.24) is 10.2 Å². The summed E-state index contributed by atoms with van der Waals surface area (Å²) in [6, 6.07) is 9.20. The Hall–Kier alpha value is -2.45. The summed E-state index contributed by atoms with van der Waals surface area (Å²) in [6.07, 6.45) is -1.14. The molecule has 8 heteroatoms. The molecular formula is C27H32F5N3. The third kappa shape index (κ3) is 5.38. The molecule has 0 spiro atoms. The molecule has 0 radical (unpaired) electrons. The van der Waals surface area contributed by atoms with E-state index >= 15 is 8.78 Å². The number of hydrogen-bond acceptors (Lipinski definition) is 3. The van der Waals surface area contributed by atoms with Crippen molar-refractivity contribution in [3.63, 3.8) is 0 Å². The third-order valence-corrected chi connectivity index (χ3v) is 7.08. The van der Waals surface area contributed by atoms with Crippen LogP contribution in [0.2, 0.25) is 0 Å². The molecule has 0 aromatic heterocycles. The van der Waals surface area contributed by atoms with E-state index < -0.39 is 37.3 Å². The monoisotopic (exact) mass is 493 g/mol. The van der Waals surface area contributed by atoms with Gasteiger partial charge >= 0.3 is 0 Å². The molecule has 0 bridgehead atoms. The summed E-state index contributed by atoms with van der Waals surface area (Å²) < 4.78 is 70.6. The minimum absolute atomic E-state index is 0.171. The zero-order valence-corrected chi connectivity index (χ0v) is 20.1. The predicted molar refractivity (Wildman–Crippen MR) is 130 cm³/mol. The van der Waals surface area contributed by atoms with Gasteiger partial charge in [0.05, 0.1) is 19.3 Å². The summed E-state index contributed by atoms with van der Waals surface area (Å²) in [5.41, 5.74) is 4.13. The highest BCUT2D eigenvalue weighted by molar-refractivity contribution is 5.79. The van der Waals surface area contributed by atoms with E-state index in [4.69, 9.17) is 0 Å². The van der Waals surface area contributed by atoms with Crippen molar-refractivity contribution >= 4 is 11.3 Å². The number of rotatable bonds is 10. The second kappa shape index (κ2) is 11.1. The van der Waals surface area contributed by atoms with Crippen molar-refractivity contribution in [1.29, 1.82) is 0 Å². The minimum Gasteiger partial charge on any atom is -0.373 e. The second-order valence-electron chi connectivity index (χ2n) is 9.42. The maximum Gasteiger partial charge on any atom is 0.251 e. The molecule has 35 heavy (non-hydrogen) atoms. The Kier molecular flexibility index (Phi) is 8.12. The van der Waals surface area contributed by atoms with Crippen LogP contribution >= 0.6 is 0 Å². The summed E-state index contributed by atoms with van der Waals surface area (Å²) in [5, 5.41) is 3.09. The lowest BCUT2D eigenvalue weighted by Gasteiger charge is -2.42. The molecule has 1 heterocycles. The molecular weight excluding hydrogens is 461 g/mol. The zero-order valence-electron chi connectivity index (χ0n) is 20.1. The van der Waals surface area contributed by atoms with Crippen LogP contribution in [0.5, 0.6) is 0 Å². The highest BCUT2D eigenvalue weighted by atomic mass is 19.3. The fraction of sp³-hybridized carbons (Fsp3) is 0.481. The maximum absolute atomic E-state index is 15.6. The number of nitrogens with one attached hydrogen (secondary N) is 1. The lowest BCUT2D eigenvalue weighted by Crippen LogP contribution is -2.44. The Labute approximate surface area is 203 Å². The van der Waals surface area contributed by atoms with Gasteiger partial charge in [-0.15, -0.1) is 0 Å². The van der Waals surface area contributed by atoms with Gasteiger partial charge in [0.25, 0.3) is 6.43 Å². The second-order valence-corrected chi connectivity index (χ2v) is 9.42. The van der Waals surface area contributed by atoms with Crippen molar-refractivity contribution < 1.29 is 22.0 Å². The molecule has 0 saturated heterocycles. The minimum atomic E-state index is -2.62. The van der Waals surface area contributed by atoms with E-state index in [-0.39, 0.29) is 11.6 Å². The molecule has 2 atom stereocenters. The molecule has 1 aliphatic carbocycles. The number of alkyl halides is 3. The number of benzene rings is 2. The molecule has 190 valence electrons. The average molecular weight is 494 g/mol. The van der Waals surface area contributed by atoms with E-state index in [1.54, 1.807) is 16.8 Å². The maximum atomic E-state index is 15.6. The average Bonchev–Trinajstić information content (AvgIpc) is 3.18. The van der Waals surface area contributed by atoms with Crippen LogP contribution in [0.3, 0.4) is 0 Å². The van der Waals surface area contributed by atoms with Crippen molar-refractivity contribution in [3.05, 3.63) is 70.3 Å². The third-order valence-electron chi connectivity index (χ3n) is 7.08. The fourth-order valence-electron chi connectivity index (χ4n) is 5.35. The normalized spacial score (nSPS) is 19.9. The van der Waals surface area contributed by atoms with Crippen LogP contribution in [-0.2, 0) is 6.42 Å². The van der Waals surface area contributed by atoms with Crippen molar-refractivity contribution in [2.24, 2.45) is 0 Å². The van der Waals surface area contributed by atoms with Crippen LogP contribution in [-0.4, -0.2) is 57.3 Å². The van der Waals surface area contributed by atoms with Crippen LogP contribution in [0.25, 0.3) is 5.57 Å². The summed E-state index contributed by atoms with van der Waals surface area (Å²) in [5.74, 6) is -1.48. The Morgan fingerprint density at radius 1 is 1.11 bits per heavy atom. The van der Waals surface area contributed by atoms with Crippen molar-refractivity contribution in [3.8, 4) is 0 Å². The highest BCUT2D eigenvalue weighted by Crippen LogP contribution is 2.49. The zero-order chi connectivity index (χ0) is 25.1. The van der Waals surface area contributed by atoms with E-state index in [2.05, 4.69) is 5.32 Å². The number of anilines is 1. The van der Waals surface area contributed by atoms with Crippen LogP contribution < -0.4 is 10.2 Å². The molecule has 0 saturated carbocycles. The number of halogens is 5. The van der Waals surface area contributed by atoms with E-state index in [0.717, 1.165) is 22.3 Å². The first-order chi connectivity index (χ1) is 16.8. The van der Waals surface area contributed by atoms with Gasteiger partial charge in [-0.2, -0.15) is 0 Å². The van der Waals surface area contributed by atoms with Gasteiger partial charge in [0, 0.05) is 37.4 Å². The first-order valence-electron chi connectivity index (χ1n) is 12.1. The Bertz CT molecular complexity index is 1050. The molecule has 0 amide bonds. The summed E-state index contributed by atoms with van der Waals surface area (Å²) in [7, 11) is 1.73. The van der Waals surface area contributed by atoms with Gasteiger partial charge < -0.3 is 10.2 Å². The van der Waals surface area contributed by atoms with E-state index in [1.165, 1.54) is 12.1 Å². The number of hydrogen-bond donors (Lipinski definition) is 1. The largest absolute Gasteiger partial charge is 0.373 e. The SMILES string of the molecule is C[C@@H]1CC2=C(Cc3ccccc32)[C@@H](c2c(F)cc(N(C)CCNCCCF)cc2F)N1CC(F)F. The molecule has 1 aliphatic heterocycles. The first kappa shape index (κ1) is 25.6. The Morgan fingerprint density at radius 2 is 1.83 bits per heavy atom. The lowest BCUT2D eigenvalue weighted by atomic mass is 9.84. The van der Waals surface area contributed by atoms with Gasteiger partial charge in [-0.05, 0) is 67.1 Å². The molecule has 2 aliphatic rings. The molecule has 3 nitrogen and oxygen atoms in total. The van der Waals surface area contributed by atoms with E-state index in [0.29, 0.717) is 44.6 Å². The van der Waals surface area contributed by atoms with Crippen LogP contribution in [0.1, 0.15) is 42.5 Å². The van der Waals surface area contributed by atoms with Gasteiger partial charge in [-0.3, -0.25) is 9.29 Å². The lowest BCUT2D eigenvalue weighted by molar-refractivity contribution is 0.0464. The smallest absolute Gasteiger partial charge is 0.251 e. The summed E-state index contributed by atoms with van der Waals surface area (Å²) >= 11 is 0. The van der Waals surface area contributed by atoms with Crippen LogP contribution in [0.4, 0.5) is 27.6 Å². The molecule has 4 rings (SSSR count). The van der Waals surface area contributed by atoms with Crippen molar-refractivity contribution in [2.45, 2.75) is 44.7 Å². The highest BCUT2D eigenvalue weighted by Gasteiger charge is 2.42. The fourth-order valence-corrected chi connectivity index (χ4v) is 5.35. The number of likely N-dealkylation sites (N-methyl/N-ethyl adjacent to an activating group) is 1. The predicted octanol–water partition coefficient (Wildman–Crippen LogP) is 5.76. The molecule has 0 fully saturated rings. The topological polar surface area (TPSA) is 18.5 Å². The molecule has 1 N–H and O–H groups in total. The quantitative estimate of drug-likeness (QED) is 0.335. The van der Waals surface area contributed by atoms with E-state index in [1.807, 2.05) is 31.2 Å². The molecule has 2 aromatic carbocycles. The van der Waals surface area contributed by atoms with Crippen LogP contribution in [0, 0.1) is 11.6 Å². The summed E-state index contributed by atoms with van der Waals surface area (Å²) in [4.78, 5) is 3.27. The van der Waals surface area contributed by atoms with Gasteiger partial charge in [0.15, 0.2) is 0 Å². The molecule has 0 unspecified atom stereocenters. The van der Waals surface area contributed by atoms with Gasteiger partial charge in [0.1, 0.15) is 11.6 Å². The Balaban J connectivity index is 1.67. The van der Waals surface area contributed by atoms with Gasteiger partial charge in [0.2, 0.25) is 0 Å². The van der Waals surface area contributed by atoms with Crippen molar-refractivity contribution in [2.75, 3.05) is 44.8 Å². The van der Waals surface area contributed by atoms with E-state index in [9.17, 15) is 13.2 Å².